The molecule has 0 spiro atoms. The molecule has 19 heavy (non-hydrogen) atoms. The Kier molecular flexibility index (Phi) is 3.42. The standard InChI is InChI=1S/C13H21N5O/c1-2-19-13-11(14)12(15-9-16-13)18-7-6-17-5-3-4-10(17)8-18/h9-10H,2-8,14H2,1H3. The van der Waals surface area contributed by atoms with Crippen molar-refractivity contribution in [2.75, 3.05) is 43.4 Å². The second kappa shape index (κ2) is 5.21. The fourth-order valence-electron chi connectivity index (χ4n) is 3.06. The number of nitrogens with zero attached hydrogens (tertiary/aromatic N) is 4. The normalized spacial score (nSPS) is 23.4. The molecule has 0 saturated carbocycles. The first-order chi connectivity index (χ1) is 9.29. The topological polar surface area (TPSA) is 67.5 Å². The molecule has 3 heterocycles. The summed E-state index contributed by atoms with van der Waals surface area (Å²) in [5.41, 5.74) is 6.70. The number of hydrogen-bond acceptors (Lipinski definition) is 6. The van der Waals surface area contributed by atoms with E-state index >= 15 is 0 Å². The van der Waals surface area contributed by atoms with Crippen molar-refractivity contribution in [1.82, 2.24) is 14.9 Å². The lowest BCUT2D eigenvalue weighted by Crippen LogP contribution is -2.50. The summed E-state index contributed by atoms with van der Waals surface area (Å²) in [5, 5.41) is 0. The summed E-state index contributed by atoms with van der Waals surface area (Å²) < 4.78 is 5.44. The number of nitrogen functional groups attached to an aromatic ring is 1. The van der Waals surface area contributed by atoms with Crippen molar-refractivity contribution in [3.63, 3.8) is 0 Å². The average molecular weight is 263 g/mol. The summed E-state index contributed by atoms with van der Waals surface area (Å²) in [7, 11) is 0. The summed E-state index contributed by atoms with van der Waals surface area (Å²) in [6.45, 7) is 6.81. The molecule has 2 N–H and O–H groups in total. The van der Waals surface area contributed by atoms with Crippen molar-refractivity contribution in [2.45, 2.75) is 25.8 Å². The number of piperazine rings is 1. The molecule has 1 aromatic heterocycles. The molecule has 2 aliphatic rings. The van der Waals surface area contributed by atoms with E-state index in [9.17, 15) is 0 Å². The fourth-order valence-corrected chi connectivity index (χ4v) is 3.06. The third-order valence-corrected chi connectivity index (χ3v) is 3.99. The highest BCUT2D eigenvalue weighted by molar-refractivity contribution is 5.68. The quantitative estimate of drug-likeness (QED) is 0.867. The number of anilines is 2. The highest BCUT2D eigenvalue weighted by atomic mass is 16.5. The smallest absolute Gasteiger partial charge is 0.242 e. The summed E-state index contributed by atoms with van der Waals surface area (Å²) in [6.07, 6.45) is 4.12. The van der Waals surface area contributed by atoms with Crippen LogP contribution in [0, 0.1) is 0 Å². The van der Waals surface area contributed by atoms with Gasteiger partial charge < -0.3 is 15.4 Å². The van der Waals surface area contributed by atoms with Crippen molar-refractivity contribution in [3.8, 4) is 5.88 Å². The van der Waals surface area contributed by atoms with Crippen LogP contribution in [-0.4, -0.2) is 53.7 Å². The monoisotopic (exact) mass is 263 g/mol. The van der Waals surface area contributed by atoms with Crippen molar-refractivity contribution >= 4 is 11.5 Å². The van der Waals surface area contributed by atoms with Crippen LogP contribution >= 0.6 is 0 Å². The highest BCUT2D eigenvalue weighted by Crippen LogP contribution is 2.31. The van der Waals surface area contributed by atoms with Gasteiger partial charge in [0.2, 0.25) is 5.88 Å². The first kappa shape index (κ1) is 12.5. The number of fused-ring (bicyclic) bond motifs is 1. The number of rotatable bonds is 3. The summed E-state index contributed by atoms with van der Waals surface area (Å²) in [4.78, 5) is 13.3. The highest BCUT2D eigenvalue weighted by Gasteiger charge is 2.32. The Morgan fingerprint density at radius 3 is 3.11 bits per heavy atom. The molecule has 0 radical (unpaired) electrons. The van der Waals surface area contributed by atoms with E-state index < -0.39 is 0 Å². The summed E-state index contributed by atoms with van der Waals surface area (Å²) >= 11 is 0. The van der Waals surface area contributed by atoms with E-state index in [1.54, 1.807) is 0 Å². The van der Waals surface area contributed by atoms with E-state index in [0.717, 1.165) is 25.5 Å². The second-order valence-electron chi connectivity index (χ2n) is 5.13. The van der Waals surface area contributed by atoms with Crippen molar-refractivity contribution in [3.05, 3.63) is 6.33 Å². The fraction of sp³-hybridized carbons (Fsp3) is 0.692. The van der Waals surface area contributed by atoms with Gasteiger partial charge in [-0.2, -0.15) is 4.98 Å². The molecular weight excluding hydrogens is 242 g/mol. The van der Waals surface area contributed by atoms with E-state index in [1.165, 1.54) is 25.7 Å². The molecule has 1 aromatic rings. The molecule has 3 rings (SSSR count). The minimum Gasteiger partial charge on any atom is -0.476 e. The zero-order valence-electron chi connectivity index (χ0n) is 11.4. The predicted octanol–water partition coefficient (Wildman–Crippen LogP) is 0.742. The zero-order valence-corrected chi connectivity index (χ0v) is 11.4. The first-order valence-electron chi connectivity index (χ1n) is 7.02. The molecule has 0 bridgehead atoms. The maximum absolute atomic E-state index is 6.13. The van der Waals surface area contributed by atoms with Gasteiger partial charge in [-0.15, -0.1) is 0 Å². The van der Waals surface area contributed by atoms with Gasteiger partial charge in [0.25, 0.3) is 0 Å². The van der Waals surface area contributed by atoms with Crippen LogP contribution in [0.1, 0.15) is 19.8 Å². The zero-order chi connectivity index (χ0) is 13.2. The van der Waals surface area contributed by atoms with Crippen molar-refractivity contribution in [1.29, 1.82) is 0 Å². The second-order valence-corrected chi connectivity index (χ2v) is 5.13. The van der Waals surface area contributed by atoms with Gasteiger partial charge in [-0.3, -0.25) is 4.90 Å². The van der Waals surface area contributed by atoms with Crippen LogP contribution in [0.5, 0.6) is 5.88 Å². The van der Waals surface area contributed by atoms with Crippen LogP contribution < -0.4 is 15.4 Å². The van der Waals surface area contributed by atoms with E-state index in [1.807, 2.05) is 6.92 Å². The van der Waals surface area contributed by atoms with Crippen LogP contribution in [0.4, 0.5) is 11.5 Å². The van der Waals surface area contributed by atoms with Crippen LogP contribution in [0.2, 0.25) is 0 Å². The Bertz CT molecular complexity index is 453. The molecule has 0 amide bonds. The molecule has 6 heteroatoms. The van der Waals surface area contributed by atoms with E-state index in [-0.39, 0.29) is 0 Å². The van der Waals surface area contributed by atoms with E-state index in [0.29, 0.717) is 24.2 Å². The van der Waals surface area contributed by atoms with Gasteiger partial charge in [-0.05, 0) is 26.3 Å². The summed E-state index contributed by atoms with van der Waals surface area (Å²) in [5.74, 6) is 1.33. The van der Waals surface area contributed by atoms with Crippen molar-refractivity contribution < 1.29 is 4.74 Å². The van der Waals surface area contributed by atoms with Crippen LogP contribution in [0.3, 0.4) is 0 Å². The third kappa shape index (κ3) is 2.32. The van der Waals surface area contributed by atoms with Gasteiger partial charge in [0.15, 0.2) is 5.82 Å². The minimum absolute atomic E-state index is 0.501. The molecule has 1 unspecified atom stereocenters. The minimum atomic E-state index is 0.501. The van der Waals surface area contributed by atoms with Gasteiger partial charge in [-0.1, -0.05) is 0 Å². The molecule has 2 fully saturated rings. The van der Waals surface area contributed by atoms with Crippen LogP contribution in [0.25, 0.3) is 0 Å². The van der Waals surface area contributed by atoms with Crippen molar-refractivity contribution in [2.24, 2.45) is 0 Å². The predicted molar refractivity (Wildman–Crippen MR) is 74.4 cm³/mol. The van der Waals surface area contributed by atoms with Gasteiger partial charge in [-0.25, -0.2) is 4.98 Å². The van der Waals surface area contributed by atoms with Crippen LogP contribution in [-0.2, 0) is 0 Å². The number of aromatic nitrogens is 2. The Balaban J connectivity index is 1.80. The Morgan fingerprint density at radius 1 is 1.37 bits per heavy atom. The van der Waals surface area contributed by atoms with E-state index in [4.69, 9.17) is 10.5 Å². The Morgan fingerprint density at radius 2 is 2.26 bits per heavy atom. The first-order valence-corrected chi connectivity index (χ1v) is 7.02. The number of hydrogen-bond donors (Lipinski definition) is 1. The van der Waals surface area contributed by atoms with Gasteiger partial charge >= 0.3 is 0 Å². The van der Waals surface area contributed by atoms with Crippen LogP contribution in [0.15, 0.2) is 6.33 Å². The summed E-state index contributed by atoms with van der Waals surface area (Å²) in [6, 6.07) is 0.652. The largest absolute Gasteiger partial charge is 0.476 e. The van der Waals surface area contributed by atoms with Gasteiger partial charge in [0, 0.05) is 25.7 Å². The Labute approximate surface area is 113 Å². The number of nitrogens with two attached hydrogens (primary N) is 1. The molecule has 2 aliphatic heterocycles. The molecule has 104 valence electrons. The Hall–Kier alpha value is -1.56. The van der Waals surface area contributed by atoms with Gasteiger partial charge in [0.1, 0.15) is 12.0 Å². The molecule has 6 nitrogen and oxygen atoms in total. The molecular formula is C13H21N5O. The molecule has 0 aromatic carbocycles. The lowest BCUT2D eigenvalue weighted by molar-refractivity contribution is 0.230. The van der Waals surface area contributed by atoms with Gasteiger partial charge in [0.05, 0.1) is 6.61 Å². The molecule has 0 aliphatic carbocycles. The lowest BCUT2D eigenvalue weighted by Gasteiger charge is -2.38. The van der Waals surface area contributed by atoms with E-state index in [2.05, 4.69) is 19.8 Å². The SMILES string of the molecule is CCOc1ncnc(N2CCN3CCCC3C2)c1N. The number of ether oxygens (including phenoxy) is 1. The maximum atomic E-state index is 6.13. The third-order valence-electron chi connectivity index (χ3n) is 3.99. The maximum Gasteiger partial charge on any atom is 0.242 e. The lowest BCUT2D eigenvalue weighted by atomic mass is 10.1. The molecule has 2 saturated heterocycles. The average Bonchev–Trinajstić information content (AvgIpc) is 2.88. The molecule has 1 atom stereocenters.